The Balaban J connectivity index is 1.85. The quantitative estimate of drug-likeness (QED) is 0.636. The summed E-state index contributed by atoms with van der Waals surface area (Å²) >= 11 is 0. The minimum Gasteiger partial charge on any atom is -0.387 e. The number of rotatable bonds is 5. The number of benzene rings is 1. The predicted octanol–water partition coefficient (Wildman–Crippen LogP) is 2.24. The van der Waals surface area contributed by atoms with Crippen LogP contribution in [0.25, 0.3) is 0 Å². The molecule has 4 nitrogen and oxygen atoms in total. The number of carbonyl (C=O) groups is 1. The molecule has 20 heavy (non-hydrogen) atoms. The van der Waals surface area contributed by atoms with Crippen LogP contribution in [0.15, 0.2) is 42.1 Å². The zero-order chi connectivity index (χ0) is 14.2. The van der Waals surface area contributed by atoms with Crippen LogP contribution in [0, 0.1) is 11.3 Å². The van der Waals surface area contributed by atoms with Gasteiger partial charge in [-0.25, -0.2) is 0 Å². The normalized spacial score (nSPS) is 15.7. The van der Waals surface area contributed by atoms with E-state index in [1.807, 2.05) is 36.4 Å². The maximum Gasteiger partial charge on any atom is 0.263 e. The van der Waals surface area contributed by atoms with Crippen LogP contribution < -0.4 is 10.6 Å². The summed E-state index contributed by atoms with van der Waals surface area (Å²) < 4.78 is 0. The Morgan fingerprint density at radius 2 is 2.00 bits per heavy atom. The monoisotopic (exact) mass is 269 g/mol. The molecular formula is C16H19N3O. The highest BCUT2D eigenvalue weighted by molar-refractivity contribution is 5.97. The number of nitrogens with zero attached hydrogens (tertiary/aromatic N) is 1. The smallest absolute Gasteiger partial charge is 0.263 e. The summed E-state index contributed by atoms with van der Waals surface area (Å²) in [5.74, 6) is -0.332. The van der Waals surface area contributed by atoms with Crippen molar-refractivity contribution in [2.75, 3.05) is 0 Å². The van der Waals surface area contributed by atoms with Gasteiger partial charge in [-0.15, -0.1) is 0 Å². The second kappa shape index (κ2) is 7.34. The first-order chi connectivity index (χ1) is 9.79. The lowest BCUT2D eigenvalue weighted by molar-refractivity contribution is -0.117. The van der Waals surface area contributed by atoms with E-state index in [-0.39, 0.29) is 11.5 Å². The Morgan fingerprint density at radius 3 is 2.65 bits per heavy atom. The molecule has 1 aliphatic rings. The molecule has 1 fully saturated rings. The molecule has 0 spiro atoms. The van der Waals surface area contributed by atoms with Gasteiger partial charge in [0.05, 0.1) is 0 Å². The van der Waals surface area contributed by atoms with Crippen LogP contribution in [0.1, 0.15) is 31.2 Å². The molecule has 0 radical (unpaired) electrons. The molecule has 0 bridgehead atoms. The molecule has 0 aliphatic heterocycles. The molecule has 1 aliphatic carbocycles. The topological polar surface area (TPSA) is 64.9 Å². The van der Waals surface area contributed by atoms with Crippen molar-refractivity contribution >= 4 is 5.91 Å². The van der Waals surface area contributed by atoms with Crippen LogP contribution in [0.2, 0.25) is 0 Å². The van der Waals surface area contributed by atoms with Gasteiger partial charge in [0.1, 0.15) is 11.6 Å². The first-order valence-electron chi connectivity index (χ1n) is 6.98. The largest absolute Gasteiger partial charge is 0.387 e. The third-order valence-corrected chi connectivity index (χ3v) is 3.48. The van der Waals surface area contributed by atoms with Gasteiger partial charge in [0.25, 0.3) is 5.91 Å². The van der Waals surface area contributed by atoms with Crippen molar-refractivity contribution in [2.24, 2.45) is 0 Å². The van der Waals surface area contributed by atoms with Gasteiger partial charge in [0, 0.05) is 18.8 Å². The molecule has 1 saturated carbocycles. The van der Waals surface area contributed by atoms with E-state index < -0.39 is 0 Å². The van der Waals surface area contributed by atoms with Crippen molar-refractivity contribution in [1.29, 1.82) is 5.26 Å². The lowest BCUT2D eigenvalue weighted by atomic mass is 10.2. The molecule has 104 valence electrons. The number of nitriles is 1. The predicted molar refractivity (Wildman–Crippen MR) is 77.4 cm³/mol. The van der Waals surface area contributed by atoms with Crippen LogP contribution in [0.5, 0.6) is 0 Å². The molecule has 2 rings (SSSR count). The van der Waals surface area contributed by atoms with Crippen LogP contribution in [0.4, 0.5) is 0 Å². The van der Waals surface area contributed by atoms with Gasteiger partial charge in [0.15, 0.2) is 0 Å². The van der Waals surface area contributed by atoms with Gasteiger partial charge in [-0.1, -0.05) is 43.2 Å². The van der Waals surface area contributed by atoms with E-state index in [9.17, 15) is 4.79 Å². The first-order valence-corrected chi connectivity index (χ1v) is 6.98. The van der Waals surface area contributed by atoms with Gasteiger partial charge in [-0.2, -0.15) is 5.26 Å². The maximum absolute atomic E-state index is 11.9. The average Bonchev–Trinajstić information content (AvgIpc) is 3.00. The highest BCUT2D eigenvalue weighted by atomic mass is 16.1. The average molecular weight is 269 g/mol. The Kier molecular flexibility index (Phi) is 5.19. The second-order valence-corrected chi connectivity index (χ2v) is 4.99. The highest BCUT2D eigenvalue weighted by Gasteiger charge is 2.14. The number of nitrogens with one attached hydrogen (secondary N) is 2. The molecule has 1 amide bonds. The van der Waals surface area contributed by atoms with Gasteiger partial charge in [0.2, 0.25) is 0 Å². The van der Waals surface area contributed by atoms with Crippen LogP contribution in [-0.2, 0) is 11.3 Å². The zero-order valence-corrected chi connectivity index (χ0v) is 11.4. The molecular weight excluding hydrogens is 250 g/mol. The second-order valence-electron chi connectivity index (χ2n) is 4.99. The van der Waals surface area contributed by atoms with Crippen LogP contribution in [0.3, 0.4) is 0 Å². The standard InChI is InChI=1S/C16H19N3O/c17-10-14(12-18-15-8-4-5-9-15)16(20)19-11-13-6-2-1-3-7-13/h1-3,6-7,12,15,18H,4-5,8-9,11H2,(H,19,20)/b14-12-. The van der Waals surface area contributed by atoms with Crippen molar-refractivity contribution in [3.8, 4) is 6.07 Å². The Morgan fingerprint density at radius 1 is 1.30 bits per heavy atom. The van der Waals surface area contributed by atoms with E-state index in [2.05, 4.69) is 10.6 Å². The summed E-state index contributed by atoms with van der Waals surface area (Å²) in [6, 6.07) is 12.0. The van der Waals surface area contributed by atoms with Gasteiger partial charge >= 0.3 is 0 Å². The molecule has 1 aromatic rings. The van der Waals surface area contributed by atoms with Crippen molar-refractivity contribution in [2.45, 2.75) is 38.3 Å². The first kappa shape index (κ1) is 14.1. The minimum absolute atomic E-state index is 0.132. The van der Waals surface area contributed by atoms with Crippen molar-refractivity contribution in [1.82, 2.24) is 10.6 Å². The molecule has 0 aromatic heterocycles. The lowest BCUT2D eigenvalue weighted by Gasteiger charge is -2.09. The molecule has 0 heterocycles. The molecule has 0 saturated heterocycles. The molecule has 2 N–H and O–H groups in total. The summed E-state index contributed by atoms with van der Waals surface area (Å²) in [5, 5.41) is 15.0. The van der Waals surface area contributed by atoms with Crippen molar-refractivity contribution in [3.63, 3.8) is 0 Å². The van der Waals surface area contributed by atoms with E-state index in [1.165, 1.54) is 12.8 Å². The Hall–Kier alpha value is -2.28. The fourth-order valence-corrected chi connectivity index (χ4v) is 2.32. The van der Waals surface area contributed by atoms with Crippen LogP contribution in [-0.4, -0.2) is 11.9 Å². The number of hydrogen-bond donors (Lipinski definition) is 2. The fourth-order valence-electron chi connectivity index (χ4n) is 2.32. The number of amides is 1. The number of carbonyl (C=O) groups excluding carboxylic acids is 1. The Bertz CT molecular complexity index is 510. The summed E-state index contributed by atoms with van der Waals surface area (Å²) in [6.45, 7) is 0.433. The van der Waals surface area contributed by atoms with Crippen LogP contribution >= 0.6 is 0 Å². The van der Waals surface area contributed by atoms with E-state index in [1.54, 1.807) is 6.20 Å². The highest BCUT2D eigenvalue weighted by Crippen LogP contribution is 2.17. The summed E-state index contributed by atoms with van der Waals surface area (Å²) in [6.07, 6.45) is 6.21. The van der Waals surface area contributed by atoms with E-state index in [0.717, 1.165) is 18.4 Å². The Labute approximate surface area is 119 Å². The fraction of sp³-hybridized carbons (Fsp3) is 0.375. The SMILES string of the molecule is N#C/C(=C/NC1CCCC1)C(=O)NCc1ccccc1. The number of hydrogen-bond acceptors (Lipinski definition) is 3. The van der Waals surface area contributed by atoms with Gasteiger partial charge in [-0.3, -0.25) is 4.79 Å². The zero-order valence-electron chi connectivity index (χ0n) is 11.4. The maximum atomic E-state index is 11.9. The van der Waals surface area contributed by atoms with E-state index in [4.69, 9.17) is 5.26 Å². The minimum atomic E-state index is -0.332. The molecule has 0 atom stereocenters. The summed E-state index contributed by atoms with van der Waals surface area (Å²) in [4.78, 5) is 11.9. The van der Waals surface area contributed by atoms with Crippen molar-refractivity contribution < 1.29 is 4.79 Å². The van der Waals surface area contributed by atoms with Gasteiger partial charge in [-0.05, 0) is 18.4 Å². The lowest BCUT2D eigenvalue weighted by Crippen LogP contribution is -2.27. The van der Waals surface area contributed by atoms with Gasteiger partial charge < -0.3 is 10.6 Å². The van der Waals surface area contributed by atoms with Crippen molar-refractivity contribution in [3.05, 3.63) is 47.7 Å². The van der Waals surface area contributed by atoms with E-state index in [0.29, 0.717) is 12.6 Å². The molecule has 1 aromatic carbocycles. The summed E-state index contributed by atoms with van der Waals surface area (Å²) in [5.41, 5.74) is 1.15. The summed E-state index contributed by atoms with van der Waals surface area (Å²) in [7, 11) is 0. The molecule has 4 heteroatoms. The third-order valence-electron chi connectivity index (χ3n) is 3.48. The van der Waals surface area contributed by atoms with E-state index >= 15 is 0 Å². The third kappa shape index (κ3) is 4.13. The molecule has 0 unspecified atom stereocenters.